The Balaban J connectivity index is 1.80. The molecule has 0 N–H and O–H groups in total. The van der Waals surface area contributed by atoms with Crippen LogP contribution in [0.3, 0.4) is 0 Å². The second kappa shape index (κ2) is 5.11. The van der Waals surface area contributed by atoms with Gasteiger partial charge in [0.15, 0.2) is 5.82 Å². The van der Waals surface area contributed by atoms with E-state index in [1.807, 2.05) is 19.2 Å². The Kier molecular flexibility index (Phi) is 3.30. The molecule has 0 unspecified atom stereocenters. The van der Waals surface area contributed by atoms with Gasteiger partial charge >= 0.3 is 5.97 Å². The summed E-state index contributed by atoms with van der Waals surface area (Å²) in [5.74, 6) is 1.42. The second-order valence-electron chi connectivity index (χ2n) is 5.02. The van der Waals surface area contributed by atoms with Crippen molar-refractivity contribution in [2.45, 2.75) is 39.2 Å². The predicted molar refractivity (Wildman–Crippen MR) is 70.5 cm³/mol. The summed E-state index contributed by atoms with van der Waals surface area (Å²) in [5.41, 5.74) is 1.43. The molecule has 1 aliphatic rings. The van der Waals surface area contributed by atoms with E-state index in [1.165, 1.54) is 0 Å². The molecule has 0 atom stereocenters. The van der Waals surface area contributed by atoms with Crippen molar-refractivity contribution in [3.8, 4) is 0 Å². The van der Waals surface area contributed by atoms with Crippen molar-refractivity contribution >= 4 is 5.97 Å². The van der Waals surface area contributed by atoms with Crippen LogP contribution >= 0.6 is 0 Å². The molecule has 2 aromatic rings. The molecule has 1 aliphatic carbocycles. The SMILES string of the molecule is CCOC(=O)c1c(C)ccn1Cc1noc(C2CC2)n1. The fourth-order valence-electron chi connectivity index (χ4n) is 2.17. The zero-order valence-electron chi connectivity index (χ0n) is 11.6. The summed E-state index contributed by atoms with van der Waals surface area (Å²) in [6.07, 6.45) is 4.09. The molecule has 0 spiro atoms. The summed E-state index contributed by atoms with van der Waals surface area (Å²) in [7, 11) is 0. The molecule has 106 valence electrons. The van der Waals surface area contributed by atoms with E-state index in [1.54, 1.807) is 11.5 Å². The van der Waals surface area contributed by atoms with Gasteiger partial charge in [0.2, 0.25) is 5.89 Å². The lowest BCUT2D eigenvalue weighted by atomic mass is 10.3. The maximum atomic E-state index is 12.0. The smallest absolute Gasteiger partial charge is 0.355 e. The van der Waals surface area contributed by atoms with Gasteiger partial charge in [-0.2, -0.15) is 4.98 Å². The quantitative estimate of drug-likeness (QED) is 0.783. The van der Waals surface area contributed by atoms with E-state index in [4.69, 9.17) is 9.26 Å². The van der Waals surface area contributed by atoms with Crippen molar-refractivity contribution < 1.29 is 14.1 Å². The lowest BCUT2D eigenvalue weighted by Crippen LogP contribution is -2.14. The molecular weight excluding hydrogens is 258 g/mol. The van der Waals surface area contributed by atoms with Crippen LogP contribution in [0.2, 0.25) is 0 Å². The minimum absolute atomic E-state index is 0.319. The Hall–Kier alpha value is -2.11. The number of aryl methyl sites for hydroxylation is 1. The van der Waals surface area contributed by atoms with E-state index in [0.717, 1.165) is 18.4 Å². The molecule has 0 saturated heterocycles. The molecule has 1 fully saturated rings. The van der Waals surface area contributed by atoms with Gasteiger partial charge in [0.25, 0.3) is 0 Å². The molecule has 3 rings (SSSR count). The summed E-state index contributed by atoms with van der Waals surface area (Å²) < 4.78 is 12.1. The van der Waals surface area contributed by atoms with Gasteiger partial charge in [-0.1, -0.05) is 5.16 Å². The number of hydrogen-bond acceptors (Lipinski definition) is 5. The first kappa shape index (κ1) is 12.9. The summed E-state index contributed by atoms with van der Waals surface area (Å²) in [5, 5.41) is 3.97. The topological polar surface area (TPSA) is 70.2 Å². The van der Waals surface area contributed by atoms with Gasteiger partial charge in [-0.3, -0.25) is 0 Å². The molecule has 0 aromatic carbocycles. The Morgan fingerprint density at radius 1 is 1.55 bits per heavy atom. The van der Waals surface area contributed by atoms with E-state index >= 15 is 0 Å². The number of esters is 1. The Morgan fingerprint density at radius 2 is 2.35 bits per heavy atom. The van der Waals surface area contributed by atoms with E-state index in [0.29, 0.717) is 36.5 Å². The molecule has 1 saturated carbocycles. The molecule has 0 radical (unpaired) electrons. The number of carbonyl (C=O) groups excluding carboxylic acids is 1. The summed E-state index contributed by atoms with van der Waals surface area (Å²) in [6, 6.07) is 1.88. The average Bonchev–Trinajstić information content (AvgIpc) is 3.06. The highest BCUT2D eigenvalue weighted by atomic mass is 16.5. The first-order valence-electron chi connectivity index (χ1n) is 6.84. The third kappa shape index (κ3) is 2.45. The summed E-state index contributed by atoms with van der Waals surface area (Å²) in [6.45, 7) is 4.45. The van der Waals surface area contributed by atoms with Crippen molar-refractivity contribution in [3.63, 3.8) is 0 Å². The third-order valence-corrected chi connectivity index (χ3v) is 3.36. The maximum Gasteiger partial charge on any atom is 0.355 e. The van der Waals surface area contributed by atoms with Crippen molar-refractivity contribution in [3.05, 3.63) is 35.2 Å². The van der Waals surface area contributed by atoms with E-state index in [2.05, 4.69) is 10.1 Å². The van der Waals surface area contributed by atoms with Crippen LogP contribution in [0.25, 0.3) is 0 Å². The summed E-state index contributed by atoms with van der Waals surface area (Å²) >= 11 is 0. The van der Waals surface area contributed by atoms with Crippen LogP contribution in [0, 0.1) is 6.92 Å². The molecule has 20 heavy (non-hydrogen) atoms. The van der Waals surface area contributed by atoms with Crippen LogP contribution in [0.1, 0.15) is 53.5 Å². The van der Waals surface area contributed by atoms with Gasteiger partial charge in [0.1, 0.15) is 5.69 Å². The zero-order valence-corrected chi connectivity index (χ0v) is 11.6. The molecule has 0 amide bonds. The Bertz CT molecular complexity index is 625. The van der Waals surface area contributed by atoms with Gasteiger partial charge < -0.3 is 13.8 Å². The Labute approximate surface area is 116 Å². The van der Waals surface area contributed by atoms with Gasteiger partial charge in [-0.15, -0.1) is 0 Å². The average molecular weight is 275 g/mol. The van der Waals surface area contributed by atoms with E-state index < -0.39 is 0 Å². The highest BCUT2D eigenvalue weighted by Crippen LogP contribution is 2.38. The highest BCUT2D eigenvalue weighted by molar-refractivity contribution is 5.89. The number of aromatic nitrogens is 3. The normalized spacial score (nSPS) is 14.5. The van der Waals surface area contributed by atoms with Crippen molar-refractivity contribution in [2.24, 2.45) is 0 Å². The fourth-order valence-corrected chi connectivity index (χ4v) is 2.17. The minimum atomic E-state index is -0.319. The van der Waals surface area contributed by atoms with Gasteiger partial charge in [0.05, 0.1) is 13.2 Å². The van der Waals surface area contributed by atoms with Crippen LogP contribution in [-0.2, 0) is 11.3 Å². The molecule has 0 bridgehead atoms. The molecule has 0 aliphatic heterocycles. The molecule has 6 heteroatoms. The highest BCUT2D eigenvalue weighted by Gasteiger charge is 2.29. The van der Waals surface area contributed by atoms with Crippen LogP contribution in [0.15, 0.2) is 16.8 Å². The van der Waals surface area contributed by atoms with Crippen molar-refractivity contribution in [1.29, 1.82) is 0 Å². The van der Waals surface area contributed by atoms with Gasteiger partial charge in [-0.05, 0) is 38.3 Å². The first-order chi connectivity index (χ1) is 9.69. The predicted octanol–water partition coefficient (Wildman–Crippen LogP) is 2.28. The van der Waals surface area contributed by atoms with Crippen LogP contribution in [0.5, 0.6) is 0 Å². The van der Waals surface area contributed by atoms with Crippen LogP contribution in [0.4, 0.5) is 0 Å². The number of carbonyl (C=O) groups is 1. The van der Waals surface area contributed by atoms with Gasteiger partial charge in [-0.25, -0.2) is 4.79 Å². The number of nitrogens with zero attached hydrogens (tertiary/aromatic N) is 3. The van der Waals surface area contributed by atoms with Crippen LogP contribution < -0.4 is 0 Å². The molecule has 2 heterocycles. The van der Waals surface area contributed by atoms with Crippen molar-refractivity contribution in [1.82, 2.24) is 14.7 Å². The lowest BCUT2D eigenvalue weighted by molar-refractivity contribution is 0.0513. The zero-order chi connectivity index (χ0) is 14.1. The van der Waals surface area contributed by atoms with Gasteiger partial charge in [0, 0.05) is 12.1 Å². The second-order valence-corrected chi connectivity index (χ2v) is 5.02. The Morgan fingerprint density at radius 3 is 3.05 bits per heavy atom. The largest absolute Gasteiger partial charge is 0.461 e. The minimum Gasteiger partial charge on any atom is -0.461 e. The summed E-state index contributed by atoms with van der Waals surface area (Å²) in [4.78, 5) is 16.3. The molecular formula is C14H17N3O3. The maximum absolute atomic E-state index is 12.0. The molecule has 2 aromatic heterocycles. The van der Waals surface area contributed by atoms with E-state index in [-0.39, 0.29) is 5.97 Å². The van der Waals surface area contributed by atoms with Crippen LogP contribution in [-0.4, -0.2) is 27.3 Å². The standard InChI is InChI=1S/C14H17N3O3/c1-3-19-14(18)12-9(2)6-7-17(12)8-11-15-13(20-16-11)10-4-5-10/h6-7,10H,3-5,8H2,1-2H3. The van der Waals surface area contributed by atoms with Crippen molar-refractivity contribution in [2.75, 3.05) is 6.61 Å². The number of hydrogen-bond donors (Lipinski definition) is 0. The number of ether oxygens (including phenoxy) is 1. The third-order valence-electron chi connectivity index (χ3n) is 3.36. The first-order valence-corrected chi connectivity index (χ1v) is 6.84. The lowest BCUT2D eigenvalue weighted by Gasteiger charge is -2.07. The monoisotopic (exact) mass is 275 g/mol. The molecule has 6 nitrogen and oxygen atoms in total. The fraction of sp³-hybridized carbons (Fsp3) is 0.500. The van der Waals surface area contributed by atoms with E-state index in [9.17, 15) is 4.79 Å². The number of rotatable bonds is 5.